The van der Waals surface area contributed by atoms with Crippen LogP contribution in [0.3, 0.4) is 0 Å². The molecule has 0 unspecified atom stereocenters. The molecule has 21 heavy (non-hydrogen) atoms. The van der Waals surface area contributed by atoms with Gasteiger partial charge in [0.2, 0.25) is 0 Å². The number of nitrogen functional groups attached to an aromatic ring is 1. The molecular formula is C16H15N3OS. The minimum Gasteiger partial charge on any atom is -0.398 e. The maximum Gasteiger partial charge on any atom is 0.160 e. The van der Waals surface area contributed by atoms with Crippen LogP contribution in [0.1, 0.15) is 20.2 Å². The van der Waals surface area contributed by atoms with Gasteiger partial charge in [0, 0.05) is 33.9 Å². The predicted octanol–water partition coefficient (Wildman–Crippen LogP) is 3.61. The molecule has 1 aromatic carbocycles. The van der Waals surface area contributed by atoms with Gasteiger partial charge in [-0.1, -0.05) is 0 Å². The van der Waals surface area contributed by atoms with Crippen LogP contribution >= 0.6 is 11.3 Å². The zero-order chi connectivity index (χ0) is 14.8. The fourth-order valence-electron chi connectivity index (χ4n) is 2.24. The smallest absolute Gasteiger partial charge is 0.160 e. The number of benzene rings is 1. The molecule has 0 saturated carbocycles. The van der Waals surface area contributed by atoms with E-state index in [0.717, 1.165) is 44.0 Å². The Kier molecular flexibility index (Phi) is 3.58. The number of nitrogens with zero attached hydrogens (tertiary/aromatic N) is 1. The van der Waals surface area contributed by atoms with E-state index in [0.29, 0.717) is 6.54 Å². The summed E-state index contributed by atoms with van der Waals surface area (Å²) in [6.45, 7) is 2.62. The van der Waals surface area contributed by atoms with Gasteiger partial charge in [-0.2, -0.15) is 0 Å². The molecule has 0 amide bonds. The number of carbonyl (C=O) groups excluding carboxylic acids is 1. The van der Waals surface area contributed by atoms with Crippen LogP contribution in [0.2, 0.25) is 0 Å². The molecule has 0 aliphatic carbocycles. The molecule has 5 heteroatoms. The van der Waals surface area contributed by atoms with Gasteiger partial charge in [-0.05, 0) is 43.3 Å². The van der Waals surface area contributed by atoms with Crippen molar-refractivity contribution in [2.24, 2.45) is 0 Å². The number of hydrogen-bond acceptors (Lipinski definition) is 5. The maximum atomic E-state index is 10.7. The molecule has 4 nitrogen and oxygen atoms in total. The second-order valence-electron chi connectivity index (χ2n) is 4.86. The number of thiophene rings is 1. The van der Waals surface area contributed by atoms with Gasteiger partial charge in [0.05, 0.1) is 10.4 Å². The number of nitrogens with two attached hydrogens (primary N) is 1. The van der Waals surface area contributed by atoms with Gasteiger partial charge in [0.15, 0.2) is 6.29 Å². The molecule has 3 aromatic rings. The Morgan fingerprint density at radius 1 is 1.29 bits per heavy atom. The van der Waals surface area contributed by atoms with Gasteiger partial charge in [-0.3, -0.25) is 9.78 Å². The zero-order valence-electron chi connectivity index (χ0n) is 11.6. The van der Waals surface area contributed by atoms with Crippen molar-refractivity contribution >= 4 is 39.9 Å². The van der Waals surface area contributed by atoms with E-state index in [1.165, 1.54) is 11.3 Å². The van der Waals surface area contributed by atoms with Crippen molar-refractivity contribution in [3.63, 3.8) is 0 Å². The number of rotatable bonds is 4. The Morgan fingerprint density at radius 3 is 2.90 bits per heavy atom. The van der Waals surface area contributed by atoms with Crippen molar-refractivity contribution < 1.29 is 4.79 Å². The van der Waals surface area contributed by atoms with E-state index in [1.54, 1.807) is 0 Å². The van der Waals surface area contributed by atoms with Crippen LogP contribution < -0.4 is 11.1 Å². The molecule has 106 valence electrons. The summed E-state index contributed by atoms with van der Waals surface area (Å²) in [5.41, 5.74) is 9.59. The molecule has 0 radical (unpaired) electrons. The summed E-state index contributed by atoms with van der Waals surface area (Å²) < 4.78 is 0. The van der Waals surface area contributed by atoms with E-state index >= 15 is 0 Å². The van der Waals surface area contributed by atoms with Crippen molar-refractivity contribution in [3.05, 3.63) is 51.8 Å². The summed E-state index contributed by atoms with van der Waals surface area (Å²) in [7, 11) is 0. The van der Waals surface area contributed by atoms with Crippen molar-refractivity contribution in [2.75, 3.05) is 11.1 Å². The second-order valence-corrected chi connectivity index (χ2v) is 6.06. The normalized spacial score (nSPS) is 10.7. The number of nitrogens with one attached hydrogen (secondary N) is 1. The van der Waals surface area contributed by atoms with Crippen LogP contribution in [-0.2, 0) is 6.54 Å². The van der Waals surface area contributed by atoms with Crippen molar-refractivity contribution in [2.45, 2.75) is 13.5 Å². The third kappa shape index (κ3) is 2.87. The van der Waals surface area contributed by atoms with Gasteiger partial charge < -0.3 is 11.1 Å². The Bertz CT molecular complexity index is 810. The largest absolute Gasteiger partial charge is 0.398 e. The Labute approximate surface area is 126 Å². The molecule has 0 bridgehead atoms. The fraction of sp³-hybridized carbons (Fsp3) is 0.125. The van der Waals surface area contributed by atoms with Gasteiger partial charge in [-0.25, -0.2) is 0 Å². The van der Waals surface area contributed by atoms with Gasteiger partial charge >= 0.3 is 0 Å². The standard InChI is InChI=1S/C16H15N3OS/c1-10-6-15(17)14-7-11(2-5-16(14)19-10)18-8-12-3-4-13(9-20)21-12/h2-7,9,18H,8H2,1H3,(H2,17,19). The van der Waals surface area contributed by atoms with Crippen LogP contribution in [0.15, 0.2) is 36.4 Å². The lowest BCUT2D eigenvalue weighted by Gasteiger charge is -2.08. The molecule has 0 atom stereocenters. The summed E-state index contributed by atoms with van der Waals surface area (Å²) >= 11 is 1.49. The monoisotopic (exact) mass is 297 g/mol. The van der Waals surface area contributed by atoms with E-state index < -0.39 is 0 Å². The average Bonchev–Trinajstić information content (AvgIpc) is 2.93. The predicted molar refractivity (Wildman–Crippen MR) is 87.9 cm³/mol. The van der Waals surface area contributed by atoms with E-state index in [9.17, 15) is 4.79 Å². The Morgan fingerprint density at radius 2 is 2.14 bits per heavy atom. The fourth-order valence-corrected chi connectivity index (χ4v) is 3.01. The summed E-state index contributed by atoms with van der Waals surface area (Å²) in [5.74, 6) is 0. The molecule has 2 aromatic heterocycles. The van der Waals surface area contributed by atoms with Crippen molar-refractivity contribution in [3.8, 4) is 0 Å². The van der Waals surface area contributed by atoms with E-state index in [2.05, 4.69) is 10.3 Å². The number of anilines is 2. The molecule has 0 saturated heterocycles. The summed E-state index contributed by atoms with van der Waals surface area (Å²) in [6.07, 6.45) is 0.874. The maximum absolute atomic E-state index is 10.7. The lowest BCUT2D eigenvalue weighted by Crippen LogP contribution is -1.98. The van der Waals surface area contributed by atoms with Crippen molar-refractivity contribution in [1.29, 1.82) is 0 Å². The summed E-state index contributed by atoms with van der Waals surface area (Å²) in [4.78, 5) is 17.0. The molecular weight excluding hydrogens is 282 g/mol. The van der Waals surface area contributed by atoms with Crippen LogP contribution in [0.5, 0.6) is 0 Å². The lowest BCUT2D eigenvalue weighted by molar-refractivity contribution is 0.112. The minimum absolute atomic E-state index is 0.684. The molecule has 3 N–H and O–H groups in total. The number of carbonyl (C=O) groups is 1. The first-order chi connectivity index (χ1) is 10.2. The number of aryl methyl sites for hydroxylation is 1. The van der Waals surface area contributed by atoms with Gasteiger partial charge in [0.25, 0.3) is 0 Å². The highest BCUT2D eigenvalue weighted by molar-refractivity contribution is 7.13. The second kappa shape index (κ2) is 5.54. The van der Waals surface area contributed by atoms with Gasteiger partial charge in [-0.15, -0.1) is 11.3 Å². The van der Waals surface area contributed by atoms with Crippen molar-refractivity contribution in [1.82, 2.24) is 4.98 Å². The summed E-state index contributed by atoms with van der Waals surface area (Å²) in [6, 6.07) is 11.6. The number of aromatic nitrogens is 1. The van der Waals surface area contributed by atoms with Crippen LogP contribution in [0, 0.1) is 6.92 Å². The first kappa shape index (κ1) is 13.6. The number of aldehydes is 1. The Hall–Kier alpha value is -2.40. The van der Waals surface area contributed by atoms with E-state index in [4.69, 9.17) is 5.73 Å². The molecule has 0 spiro atoms. The third-order valence-corrected chi connectivity index (χ3v) is 4.24. The zero-order valence-corrected chi connectivity index (χ0v) is 12.4. The number of fused-ring (bicyclic) bond motifs is 1. The molecule has 0 fully saturated rings. The van der Waals surface area contributed by atoms with E-state index in [-0.39, 0.29) is 0 Å². The molecule has 0 aliphatic rings. The molecule has 2 heterocycles. The topological polar surface area (TPSA) is 68.0 Å². The first-order valence-corrected chi connectivity index (χ1v) is 7.42. The highest BCUT2D eigenvalue weighted by Gasteiger charge is 2.04. The first-order valence-electron chi connectivity index (χ1n) is 6.60. The quantitative estimate of drug-likeness (QED) is 0.722. The highest BCUT2D eigenvalue weighted by Crippen LogP contribution is 2.25. The Balaban J connectivity index is 1.82. The van der Waals surface area contributed by atoms with Crippen LogP contribution in [0.25, 0.3) is 10.9 Å². The average molecular weight is 297 g/mol. The highest BCUT2D eigenvalue weighted by atomic mass is 32.1. The lowest BCUT2D eigenvalue weighted by atomic mass is 10.1. The van der Waals surface area contributed by atoms with E-state index in [1.807, 2.05) is 43.3 Å². The SMILES string of the molecule is Cc1cc(N)c2cc(NCc3ccc(C=O)s3)ccc2n1. The number of hydrogen-bond donors (Lipinski definition) is 2. The molecule has 0 aliphatic heterocycles. The van der Waals surface area contributed by atoms with Crippen LogP contribution in [-0.4, -0.2) is 11.3 Å². The van der Waals surface area contributed by atoms with Gasteiger partial charge in [0.1, 0.15) is 0 Å². The number of pyridine rings is 1. The summed E-state index contributed by atoms with van der Waals surface area (Å²) in [5, 5.41) is 4.29. The molecule has 3 rings (SSSR count). The van der Waals surface area contributed by atoms with Crippen LogP contribution in [0.4, 0.5) is 11.4 Å². The minimum atomic E-state index is 0.684. The third-order valence-electron chi connectivity index (χ3n) is 3.23.